The van der Waals surface area contributed by atoms with Gasteiger partial charge in [-0.2, -0.15) is 0 Å². The summed E-state index contributed by atoms with van der Waals surface area (Å²) in [4.78, 5) is 5.31. The Labute approximate surface area is 256 Å². The van der Waals surface area contributed by atoms with Crippen molar-refractivity contribution in [3.05, 3.63) is 152 Å². The van der Waals surface area contributed by atoms with Crippen molar-refractivity contribution in [3.8, 4) is 0 Å². The number of aromatic nitrogens is 2. The molecular formula is C39H25N2PSe. The van der Waals surface area contributed by atoms with Crippen LogP contribution in [0.5, 0.6) is 0 Å². The number of rotatable bonds is 3. The number of hydrogen-bond donors (Lipinski definition) is 0. The first-order valence-corrected chi connectivity index (χ1v) is 18.5. The van der Waals surface area contributed by atoms with Gasteiger partial charge in [0.15, 0.2) is 0 Å². The summed E-state index contributed by atoms with van der Waals surface area (Å²) < 4.78 is 2.41. The third-order valence-corrected chi connectivity index (χ3v) is 15.8. The third-order valence-electron chi connectivity index (χ3n) is 8.81. The average Bonchev–Trinajstić information content (AvgIpc) is 3.48. The fraction of sp³-hybridized carbons (Fsp3) is 0. The Morgan fingerprint density at radius 2 is 1.16 bits per heavy atom. The molecular weight excluding hydrogens is 606 g/mol. The van der Waals surface area contributed by atoms with Gasteiger partial charge < -0.3 is 0 Å². The summed E-state index contributed by atoms with van der Waals surface area (Å²) in [5.41, 5.74) is 2.14. The van der Waals surface area contributed by atoms with E-state index in [0.29, 0.717) is 0 Å². The molecule has 0 bridgehead atoms. The van der Waals surface area contributed by atoms with E-state index < -0.39 is 5.51 Å². The second-order valence-corrected chi connectivity index (χ2v) is 17.3. The molecule has 0 saturated heterocycles. The van der Waals surface area contributed by atoms with Gasteiger partial charge in [-0.05, 0) is 0 Å². The Hall–Kier alpha value is -4.52. The van der Waals surface area contributed by atoms with Crippen LogP contribution in [-0.4, -0.2) is 24.5 Å². The molecule has 0 N–H and O–H groups in total. The standard InChI is InChI=1S/C39H25N2PSe/c43-42(28-12-2-1-3-13-28,29-23-24-31-27(25-29)22-21-26-11-4-5-14-30(26)31)37-20-10-18-35-38(37)41-36-19-9-8-16-33(36)32-15-6-7-17-34(32)39(41)40-35/h1-25H. The molecule has 2 aromatic heterocycles. The summed E-state index contributed by atoms with van der Waals surface area (Å²) in [7, 11) is 0. The van der Waals surface area contributed by atoms with E-state index in [-0.39, 0.29) is 0 Å². The van der Waals surface area contributed by atoms with Crippen molar-refractivity contribution in [3.63, 3.8) is 0 Å². The van der Waals surface area contributed by atoms with Gasteiger partial charge in [0.2, 0.25) is 0 Å². The van der Waals surface area contributed by atoms with Crippen LogP contribution >= 0.6 is 5.51 Å². The SMILES string of the molecule is [Se]=P(c1ccccc1)(c1ccc2c(ccc3ccccc32)c1)c1cccc2nc3c4ccccc4c4ccccc4n3c12. The van der Waals surface area contributed by atoms with Gasteiger partial charge in [-0.3, -0.25) is 0 Å². The van der Waals surface area contributed by atoms with Crippen LogP contribution in [0.1, 0.15) is 0 Å². The molecule has 2 nitrogen and oxygen atoms in total. The maximum atomic E-state index is 5.31. The Morgan fingerprint density at radius 1 is 0.488 bits per heavy atom. The Morgan fingerprint density at radius 3 is 2.02 bits per heavy atom. The number of para-hydroxylation sites is 2. The van der Waals surface area contributed by atoms with Gasteiger partial charge in [0.1, 0.15) is 0 Å². The molecule has 9 rings (SSSR count). The predicted octanol–water partition coefficient (Wildman–Crippen LogP) is 8.48. The van der Waals surface area contributed by atoms with Gasteiger partial charge in [0.05, 0.1) is 0 Å². The second-order valence-electron chi connectivity index (χ2n) is 11.1. The van der Waals surface area contributed by atoms with Crippen molar-refractivity contribution in [1.29, 1.82) is 0 Å². The summed E-state index contributed by atoms with van der Waals surface area (Å²) in [6.07, 6.45) is 0. The fourth-order valence-electron chi connectivity index (χ4n) is 6.85. The topological polar surface area (TPSA) is 17.3 Å². The van der Waals surface area contributed by atoms with E-state index in [1.54, 1.807) is 0 Å². The Balaban J connectivity index is 1.43. The first-order chi connectivity index (χ1) is 21.2. The number of nitrogens with zero attached hydrogens (tertiary/aromatic N) is 2. The van der Waals surface area contributed by atoms with E-state index in [4.69, 9.17) is 4.98 Å². The zero-order valence-electron chi connectivity index (χ0n) is 23.2. The normalized spacial score (nSPS) is 13.4. The molecule has 0 fully saturated rings. The summed E-state index contributed by atoms with van der Waals surface area (Å²) in [5, 5.41) is 12.7. The molecule has 0 amide bonds. The van der Waals surface area contributed by atoms with Crippen LogP contribution in [0.2, 0.25) is 0 Å². The van der Waals surface area contributed by atoms with Crippen LogP contribution in [-0.2, 0) is 0 Å². The van der Waals surface area contributed by atoms with E-state index in [1.165, 1.54) is 64.7 Å². The molecule has 43 heavy (non-hydrogen) atoms. The maximum absolute atomic E-state index is 5.31. The molecule has 202 valence electrons. The van der Waals surface area contributed by atoms with E-state index in [9.17, 15) is 0 Å². The number of pyridine rings is 1. The zero-order chi connectivity index (χ0) is 28.5. The Bertz CT molecular complexity index is 2600. The quantitative estimate of drug-likeness (QED) is 0.109. The van der Waals surface area contributed by atoms with Crippen LogP contribution in [0, 0.1) is 0 Å². The van der Waals surface area contributed by atoms with Crippen molar-refractivity contribution >= 4 is 96.4 Å². The third kappa shape index (κ3) is 3.60. The molecule has 1 atom stereocenters. The number of hydrogen-bond acceptors (Lipinski definition) is 1. The molecule has 0 aliphatic heterocycles. The number of fused-ring (bicyclic) bond motifs is 11. The van der Waals surface area contributed by atoms with E-state index in [0.717, 1.165) is 11.2 Å². The summed E-state index contributed by atoms with van der Waals surface area (Å²) in [6.45, 7) is 0. The van der Waals surface area contributed by atoms with Gasteiger partial charge in [-0.15, -0.1) is 0 Å². The van der Waals surface area contributed by atoms with Crippen LogP contribution in [0.15, 0.2) is 152 Å². The van der Waals surface area contributed by atoms with Crippen LogP contribution < -0.4 is 15.9 Å². The van der Waals surface area contributed by atoms with Crippen molar-refractivity contribution in [2.24, 2.45) is 0 Å². The van der Waals surface area contributed by atoms with Crippen LogP contribution in [0.25, 0.3) is 59.9 Å². The van der Waals surface area contributed by atoms with Crippen LogP contribution in [0.4, 0.5) is 0 Å². The van der Waals surface area contributed by atoms with Gasteiger partial charge in [0.25, 0.3) is 0 Å². The predicted molar refractivity (Wildman–Crippen MR) is 187 cm³/mol. The fourth-order valence-corrected chi connectivity index (χ4v) is 12.1. The first kappa shape index (κ1) is 25.0. The average molecular weight is 632 g/mol. The zero-order valence-corrected chi connectivity index (χ0v) is 25.8. The molecule has 2 heterocycles. The monoisotopic (exact) mass is 632 g/mol. The molecule has 7 aromatic carbocycles. The number of imidazole rings is 1. The van der Waals surface area contributed by atoms with Crippen molar-refractivity contribution < 1.29 is 0 Å². The number of benzene rings is 7. The van der Waals surface area contributed by atoms with Gasteiger partial charge >= 0.3 is 257 Å². The van der Waals surface area contributed by atoms with Crippen molar-refractivity contribution in [2.45, 2.75) is 0 Å². The van der Waals surface area contributed by atoms with Gasteiger partial charge in [-0.1, -0.05) is 0 Å². The van der Waals surface area contributed by atoms with Gasteiger partial charge in [-0.25, -0.2) is 0 Å². The molecule has 0 spiro atoms. The van der Waals surface area contributed by atoms with Crippen molar-refractivity contribution in [2.75, 3.05) is 0 Å². The summed E-state index contributed by atoms with van der Waals surface area (Å²) in [6, 6.07) is 55.3. The van der Waals surface area contributed by atoms with Gasteiger partial charge in [0, 0.05) is 0 Å². The molecule has 9 aromatic rings. The minimum atomic E-state index is -2.23. The van der Waals surface area contributed by atoms with E-state index in [2.05, 4.69) is 171 Å². The molecule has 0 aliphatic rings. The molecule has 0 saturated carbocycles. The molecule has 4 heteroatoms. The summed E-state index contributed by atoms with van der Waals surface area (Å²) >= 11 is 3.84. The van der Waals surface area contributed by atoms with E-state index in [1.807, 2.05) is 0 Å². The summed E-state index contributed by atoms with van der Waals surface area (Å²) in [5.74, 6) is 0. The molecule has 0 aliphatic carbocycles. The van der Waals surface area contributed by atoms with E-state index >= 15 is 0 Å². The minimum absolute atomic E-state index is 1.00. The molecule has 1 unspecified atom stereocenters. The molecule has 0 radical (unpaired) electrons. The Kier molecular flexibility index (Phi) is 5.52. The second kappa shape index (κ2) is 9.49. The van der Waals surface area contributed by atoms with Crippen molar-refractivity contribution in [1.82, 2.24) is 9.38 Å². The van der Waals surface area contributed by atoms with Crippen LogP contribution in [0.3, 0.4) is 0 Å². The first-order valence-electron chi connectivity index (χ1n) is 14.5.